The second kappa shape index (κ2) is 5.52. The summed E-state index contributed by atoms with van der Waals surface area (Å²) in [5, 5.41) is 18.9. The number of ketones is 1. The van der Waals surface area contributed by atoms with Gasteiger partial charge in [-0.2, -0.15) is 0 Å². The lowest BCUT2D eigenvalue weighted by atomic mass is 10.1. The molecule has 0 spiro atoms. The maximum atomic E-state index is 11.4. The summed E-state index contributed by atoms with van der Waals surface area (Å²) in [7, 11) is 1.42. The van der Waals surface area contributed by atoms with Crippen LogP contribution >= 0.6 is 23.6 Å². The Morgan fingerprint density at radius 2 is 2.26 bits per heavy atom. The van der Waals surface area contributed by atoms with Gasteiger partial charge in [0.2, 0.25) is 11.7 Å². The number of hydrogen-bond acceptors (Lipinski definition) is 6. The topological polar surface area (TPSA) is 71.7 Å². The Hall–Kier alpha value is -1.70. The summed E-state index contributed by atoms with van der Waals surface area (Å²) in [5.74, 6) is -0.0643. The highest BCUT2D eigenvalue weighted by Crippen LogP contribution is 2.29. The summed E-state index contributed by atoms with van der Waals surface area (Å²) in [4.78, 5) is 11.9. The summed E-state index contributed by atoms with van der Waals surface area (Å²) >= 11 is 6.18. The van der Waals surface area contributed by atoms with Gasteiger partial charge in [-0.25, -0.2) is 0 Å². The Labute approximate surface area is 118 Å². The first-order chi connectivity index (χ1) is 9.06. The number of aliphatic hydroxyl groups is 1. The predicted molar refractivity (Wildman–Crippen MR) is 74.2 cm³/mol. The Kier molecular flexibility index (Phi) is 3.98. The van der Waals surface area contributed by atoms with Crippen molar-refractivity contribution in [1.82, 2.24) is 4.57 Å². The number of carbonyl (C=O) groups is 1. The Morgan fingerprint density at radius 1 is 1.53 bits per heavy atom. The van der Waals surface area contributed by atoms with Crippen molar-refractivity contribution in [3.8, 4) is 5.88 Å². The fraction of sp³-hybridized carbons (Fsp3) is 0.167. The average molecular weight is 297 g/mol. The highest BCUT2D eigenvalue weighted by Gasteiger charge is 2.13. The molecule has 1 aliphatic rings. The van der Waals surface area contributed by atoms with E-state index in [0.29, 0.717) is 14.4 Å². The highest BCUT2D eigenvalue weighted by molar-refractivity contribution is 7.73. The highest BCUT2D eigenvalue weighted by atomic mass is 32.1. The molecule has 0 unspecified atom stereocenters. The van der Waals surface area contributed by atoms with Crippen LogP contribution in [0.2, 0.25) is 0 Å². The van der Waals surface area contributed by atoms with Crippen molar-refractivity contribution in [2.75, 3.05) is 7.11 Å². The van der Waals surface area contributed by atoms with Crippen LogP contribution in [0.3, 0.4) is 0 Å². The molecule has 0 radical (unpaired) electrons. The van der Waals surface area contributed by atoms with Crippen LogP contribution < -0.4 is 0 Å². The van der Waals surface area contributed by atoms with Crippen molar-refractivity contribution in [1.29, 1.82) is 0 Å². The first-order valence-electron chi connectivity index (χ1n) is 5.30. The van der Waals surface area contributed by atoms with E-state index in [1.54, 1.807) is 18.2 Å². The maximum absolute atomic E-state index is 11.4. The lowest BCUT2D eigenvalue weighted by Crippen LogP contribution is -2.04. The minimum atomic E-state index is -0.377. The molecule has 0 saturated heterocycles. The summed E-state index contributed by atoms with van der Waals surface area (Å²) < 4.78 is 6.53. The van der Waals surface area contributed by atoms with Crippen molar-refractivity contribution in [3.63, 3.8) is 0 Å². The normalized spacial score (nSPS) is 16.8. The molecule has 7 heteroatoms. The molecule has 19 heavy (non-hydrogen) atoms. The summed E-state index contributed by atoms with van der Waals surface area (Å²) in [5.41, 5.74) is 0.702. The Morgan fingerprint density at radius 3 is 2.84 bits per heavy atom. The number of hydrogen-bond donors (Lipinski definition) is 2. The molecule has 1 heterocycles. The molecule has 1 aromatic rings. The molecule has 0 aliphatic heterocycles. The van der Waals surface area contributed by atoms with Crippen molar-refractivity contribution in [2.45, 2.75) is 6.73 Å². The minimum Gasteiger partial charge on any atom is -0.493 e. The number of allylic oxidation sites excluding steroid dienone is 4. The van der Waals surface area contributed by atoms with Crippen LogP contribution in [0.25, 0.3) is 6.08 Å². The van der Waals surface area contributed by atoms with E-state index >= 15 is 0 Å². The number of aromatic hydroxyl groups is 1. The molecular weight excluding hydrogens is 286 g/mol. The molecule has 100 valence electrons. The van der Waals surface area contributed by atoms with Crippen LogP contribution in [-0.4, -0.2) is 27.7 Å². The molecule has 2 rings (SSSR count). The first kappa shape index (κ1) is 13.7. The lowest BCUT2D eigenvalue weighted by molar-refractivity contribution is -0.114. The van der Waals surface area contributed by atoms with Crippen LogP contribution in [0.5, 0.6) is 5.88 Å². The second-order valence-electron chi connectivity index (χ2n) is 3.68. The smallest absolute Gasteiger partial charge is 0.220 e. The van der Waals surface area contributed by atoms with Crippen LogP contribution in [0, 0.1) is 3.95 Å². The van der Waals surface area contributed by atoms with Gasteiger partial charge < -0.3 is 14.9 Å². The van der Waals surface area contributed by atoms with E-state index in [1.807, 2.05) is 0 Å². The fourth-order valence-electron chi connectivity index (χ4n) is 1.56. The van der Waals surface area contributed by atoms with Crippen molar-refractivity contribution in [3.05, 3.63) is 38.4 Å². The van der Waals surface area contributed by atoms with E-state index in [-0.39, 0.29) is 24.2 Å². The third kappa shape index (κ3) is 2.67. The van der Waals surface area contributed by atoms with Gasteiger partial charge in [0.15, 0.2) is 9.71 Å². The van der Waals surface area contributed by atoms with Gasteiger partial charge in [0.1, 0.15) is 6.73 Å². The quantitative estimate of drug-likeness (QED) is 0.835. The summed E-state index contributed by atoms with van der Waals surface area (Å²) in [6.07, 6.45) is 6.26. The zero-order valence-corrected chi connectivity index (χ0v) is 11.6. The number of rotatable bonds is 3. The number of nitrogens with zero attached hydrogens (tertiary/aromatic N) is 1. The van der Waals surface area contributed by atoms with Gasteiger partial charge in [-0.05, 0) is 36.0 Å². The molecule has 0 atom stereocenters. The maximum Gasteiger partial charge on any atom is 0.220 e. The Bertz CT molecular complexity index is 664. The van der Waals surface area contributed by atoms with Gasteiger partial charge in [-0.15, -0.1) is 11.3 Å². The fourth-order valence-corrected chi connectivity index (χ4v) is 2.81. The summed E-state index contributed by atoms with van der Waals surface area (Å²) in [6, 6.07) is 0. The molecule has 0 bridgehead atoms. The monoisotopic (exact) mass is 297 g/mol. The molecule has 1 aromatic heterocycles. The standard InChI is InChI=1S/C12H11NO4S2/c1-17-9-4-7(2-3-8(9)15)5-10-11(16)13(6-14)12(18)19-10/h2-5,14,16H,6H2,1H3/b7-5+. The van der Waals surface area contributed by atoms with Gasteiger partial charge in [0.25, 0.3) is 0 Å². The third-order valence-corrected chi connectivity index (χ3v) is 3.91. The molecule has 0 fully saturated rings. The average Bonchev–Trinajstić information content (AvgIpc) is 2.66. The van der Waals surface area contributed by atoms with Gasteiger partial charge in [-0.3, -0.25) is 9.36 Å². The first-order valence-corrected chi connectivity index (χ1v) is 6.52. The Balaban J connectivity index is 2.43. The molecule has 0 aromatic carbocycles. The van der Waals surface area contributed by atoms with Gasteiger partial charge in [-0.1, -0.05) is 6.08 Å². The molecule has 0 saturated carbocycles. The molecule has 5 nitrogen and oxygen atoms in total. The van der Waals surface area contributed by atoms with E-state index in [2.05, 4.69) is 0 Å². The van der Waals surface area contributed by atoms with Crippen molar-refractivity contribution >= 4 is 35.4 Å². The molecule has 2 N–H and O–H groups in total. The molecule has 0 amide bonds. The van der Waals surface area contributed by atoms with Crippen molar-refractivity contribution in [2.24, 2.45) is 0 Å². The van der Waals surface area contributed by atoms with Crippen LogP contribution in [0.1, 0.15) is 4.88 Å². The van der Waals surface area contributed by atoms with E-state index in [0.717, 1.165) is 0 Å². The number of methoxy groups -OCH3 is 1. The lowest BCUT2D eigenvalue weighted by Gasteiger charge is -2.07. The minimum absolute atomic E-state index is 0.0948. The van der Waals surface area contributed by atoms with E-state index in [9.17, 15) is 9.90 Å². The number of aromatic nitrogens is 1. The van der Waals surface area contributed by atoms with Crippen LogP contribution in [0.15, 0.2) is 29.6 Å². The van der Waals surface area contributed by atoms with Gasteiger partial charge in [0.05, 0.1) is 12.0 Å². The zero-order valence-electron chi connectivity index (χ0n) is 9.99. The summed E-state index contributed by atoms with van der Waals surface area (Å²) in [6.45, 7) is -0.377. The van der Waals surface area contributed by atoms with E-state index in [1.165, 1.54) is 29.1 Å². The molecule has 1 aliphatic carbocycles. The predicted octanol–water partition coefficient (Wildman–Crippen LogP) is 1.99. The zero-order chi connectivity index (χ0) is 14.0. The van der Waals surface area contributed by atoms with E-state index in [4.69, 9.17) is 22.1 Å². The van der Waals surface area contributed by atoms with E-state index < -0.39 is 0 Å². The third-order valence-electron chi connectivity index (χ3n) is 2.52. The number of carbonyl (C=O) groups excluding carboxylic acids is 1. The van der Waals surface area contributed by atoms with Gasteiger partial charge in [0, 0.05) is 0 Å². The SMILES string of the molecule is COC1=C/C(=C/c2sc(=S)n(CO)c2O)C=CC1=O. The van der Waals surface area contributed by atoms with Crippen molar-refractivity contribution < 1.29 is 19.7 Å². The van der Waals surface area contributed by atoms with Crippen LogP contribution in [-0.2, 0) is 16.3 Å². The second-order valence-corrected chi connectivity index (χ2v) is 5.36. The van der Waals surface area contributed by atoms with Crippen LogP contribution in [0.4, 0.5) is 0 Å². The number of thiazole rings is 1. The van der Waals surface area contributed by atoms with Gasteiger partial charge >= 0.3 is 0 Å². The largest absolute Gasteiger partial charge is 0.493 e. The molecular formula is C12H11NO4S2. The number of aliphatic hydroxyl groups excluding tert-OH is 1. The number of ether oxygens (including phenoxy) is 1.